The summed E-state index contributed by atoms with van der Waals surface area (Å²) in [6.07, 6.45) is 0. The smallest absolute Gasteiger partial charge is 0.337 e. The van der Waals surface area contributed by atoms with E-state index in [4.69, 9.17) is 26.9 Å². The highest BCUT2D eigenvalue weighted by Crippen LogP contribution is 2.40. The van der Waals surface area contributed by atoms with Crippen molar-refractivity contribution in [3.05, 3.63) is 16.7 Å². The molecule has 0 spiro atoms. The van der Waals surface area contributed by atoms with Crippen LogP contribution in [0.15, 0.2) is 6.07 Å². The van der Waals surface area contributed by atoms with Gasteiger partial charge in [-0.05, 0) is 11.8 Å². The van der Waals surface area contributed by atoms with Crippen molar-refractivity contribution in [2.45, 2.75) is 0 Å². The second-order valence-corrected chi connectivity index (χ2v) is 2.62. The normalized spacial score (nSPS) is 9.21. The predicted molar refractivity (Wildman–Crippen MR) is 47.2 cm³/mol. The van der Waals surface area contributed by atoms with Gasteiger partial charge in [-0.1, -0.05) is 11.6 Å². The van der Waals surface area contributed by atoms with Gasteiger partial charge < -0.3 is 26.6 Å². The minimum absolute atomic E-state index is 0. The van der Waals surface area contributed by atoms with E-state index in [2.05, 4.69) is 0 Å². The number of benzene rings is 1. The number of quaternary nitrogens is 1. The number of aromatic hydroxyl groups is 2. The van der Waals surface area contributed by atoms with Gasteiger partial charge in [-0.3, -0.25) is 0 Å². The monoisotopic (exact) mass is 221 g/mol. The molecule has 0 bridgehead atoms. The zero-order valence-corrected chi connectivity index (χ0v) is 7.87. The third kappa shape index (κ3) is 1.81. The Morgan fingerprint density at radius 2 is 1.93 bits per heavy atom. The number of hydrogen-bond acceptors (Lipinski definition) is 4. The van der Waals surface area contributed by atoms with Crippen molar-refractivity contribution < 1.29 is 25.2 Å². The lowest BCUT2D eigenvalue weighted by atomic mass is 10.2. The summed E-state index contributed by atoms with van der Waals surface area (Å²) in [4.78, 5) is 10.4. The average molecular weight is 222 g/mol. The molecular weight excluding hydrogens is 214 g/mol. The van der Waals surface area contributed by atoms with Crippen molar-refractivity contribution in [3.63, 3.8) is 0 Å². The van der Waals surface area contributed by atoms with Crippen LogP contribution in [0.1, 0.15) is 10.4 Å². The van der Waals surface area contributed by atoms with Crippen molar-refractivity contribution in [2.24, 2.45) is 0 Å². The number of rotatable bonds is 1. The third-order valence-electron chi connectivity index (χ3n) is 1.40. The van der Waals surface area contributed by atoms with E-state index in [1.165, 1.54) is 0 Å². The SMILES string of the molecule is O=C(O)c1cc(O)c(O)c([O-])c1Cl.[NH4+]. The second kappa shape index (κ2) is 4.03. The van der Waals surface area contributed by atoms with E-state index in [0.717, 1.165) is 0 Å². The second-order valence-electron chi connectivity index (χ2n) is 2.24. The lowest BCUT2D eigenvalue weighted by Crippen LogP contribution is -2.01. The fourth-order valence-corrected chi connectivity index (χ4v) is 0.992. The minimum atomic E-state index is -1.45. The Hall–Kier alpha value is -1.66. The van der Waals surface area contributed by atoms with Crippen molar-refractivity contribution in [3.8, 4) is 17.2 Å². The van der Waals surface area contributed by atoms with Gasteiger partial charge in [-0.25, -0.2) is 4.79 Å². The van der Waals surface area contributed by atoms with E-state index in [0.29, 0.717) is 6.07 Å². The van der Waals surface area contributed by atoms with Crippen molar-refractivity contribution in [1.29, 1.82) is 0 Å². The first-order valence-corrected chi connectivity index (χ1v) is 3.47. The first-order chi connectivity index (χ1) is 5.95. The fraction of sp³-hybridized carbons (Fsp3) is 0. The summed E-state index contributed by atoms with van der Waals surface area (Å²) in [5, 5.41) is 36.5. The molecule has 0 amide bonds. The van der Waals surface area contributed by atoms with Crippen LogP contribution in [0.4, 0.5) is 0 Å². The first-order valence-electron chi connectivity index (χ1n) is 3.10. The number of hydrogen-bond donors (Lipinski definition) is 4. The number of carboxylic acid groups (broad SMARTS) is 1. The van der Waals surface area contributed by atoms with Gasteiger partial charge >= 0.3 is 5.97 Å². The zero-order chi connectivity index (χ0) is 10.2. The standard InChI is InChI=1S/C7H5ClO5.H3N/c8-4-2(7(12)13)1-3(9)5(10)6(4)11;/h1,9-11H,(H,12,13);1H3. The van der Waals surface area contributed by atoms with E-state index >= 15 is 0 Å². The number of phenolic OH excluding ortho intramolecular Hbond substituents is 2. The van der Waals surface area contributed by atoms with Crippen molar-refractivity contribution in [2.75, 3.05) is 0 Å². The van der Waals surface area contributed by atoms with Crippen LogP contribution in [0.25, 0.3) is 0 Å². The summed E-state index contributed by atoms with van der Waals surface area (Å²) >= 11 is 5.30. The van der Waals surface area contributed by atoms with Crippen LogP contribution in [-0.4, -0.2) is 21.3 Å². The molecule has 1 aromatic carbocycles. The van der Waals surface area contributed by atoms with E-state index in [1.54, 1.807) is 0 Å². The fourth-order valence-electron chi connectivity index (χ4n) is 0.767. The molecule has 1 aromatic rings. The molecule has 0 saturated heterocycles. The van der Waals surface area contributed by atoms with E-state index < -0.39 is 33.8 Å². The van der Waals surface area contributed by atoms with Crippen LogP contribution < -0.4 is 11.3 Å². The molecule has 0 aliphatic carbocycles. The minimum Gasteiger partial charge on any atom is -0.869 e. The molecule has 0 aliphatic rings. The van der Waals surface area contributed by atoms with E-state index in [-0.39, 0.29) is 6.15 Å². The lowest BCUT2D eigenvalue weighted by Gasteiger charge is -2.13. The van der Waals surface area contributed by atoms with Gasteiger partial charge in [0, 0.05) is 0 Å². The van der Waals surface area contributed by atoms with Crippen LogP contribution in [-0.2, 0) is 0 Å². The molecule has 0 aliphatic heterocycles. The number of carboxylic acids is 1. The molecule has 0 fully saturated rings. The summed E-state index contributed by atoms with van der Waals surface area (Å²) in [5.41, 5.74) is -0.540. The van der Waals surface area contributed by atoms with Gasteiger partial charge in [-0.15, -0.1) is 0 Å². The van der Waals surface area contributed by atoms with Crippen LogP contribution in [0.2, 0.25) is 5.02 Å². The highest BCUT2D eigenvalue weighted by atomic mass is 35.5. The van der Waals surface area contributed by atoms with E-state index in [9.17, 15) is 9.90 Å². The van der Waals surface area contributed by atoms with Gasteiger partial charge in [0.15, 0.2) is 11.5 Å². The molecule has 14 heavy (non-hydrogen) atoms. The first kappa shape index (κ1) is 12.3. The Labute approximate surface area is 83.6 Å². The number of aromatic carboxylic acids is 1. The van der Waals surface area contributed by atoms with E-state index in [1.807, 2.05) is 0 Å². The van der Waals surface area contributed by atoms with Crippen LogP contribution in [0.3, 0.4) is 0 Å². The quantitative estimate of drug-likeness (QED) is 0.522. The Morgan fingerprint density at radius 1 is 1.43 bits per heavy atom. The van der Waals surface area contributed by atoms with Crippen LogP contribution in [0, 0.1) is 0 Å². The Balaban J connectivity index is 0.00000169. The maximum Gasteiger partial charge on any atom is 0.337 e. The molecule has 0 radical (unpaired) electrons. The van der Waals surface area contributed by atoms with Gasteiger partial charge in [0.25, 0.3) is 0 Å². The van der Waals surface area contributed by atoms with Gasteiger partial charge in [-0.2, -0.15) is 0 Å². The Morgan fingerprint density at radius 3 is 2.36 bits per heavy atom. The summed E-state index contributed by atoms with van der Waals surface area (Å²) in [6.45, 7) is 0. The van der Waals surface area contributed by atoms with Crippen molar-refractivity contribution in [1.82, 2.24) is 6.15 Å². The molecule has 0 saturated carbocycles. The molecule has 7 N–H and O–H groups in total. The molecule has 78 valence electrons. The molecule has 0 atom stereocenters. The molecular formula is C7H8ClNO5. The van der Waals surface area contributed by atoms with Gasteiger partial charge in [0.1, 0.15) is 0 Å². The molecule has 6 nitrogen and oxygen atoms in total. The zero-order valence-electron chi connectivity index (χ0n) is 7.11. The molecule has 7 heteroatoms. The maximum atomic E-state index is 10.9. The lowest BCUT2D eigenvalue weighted by molar-refractivity contribution is -0.270. The topological polar surface area (TPSA) is 137 Å². The number of halogens is 1. The average Bonchev–Trinajstić information content (AvgIpc) is 2.07. The predicted octanol–water partition coefficient (Wildman–Crippen LogP) is 0.899. The van der Waals surface area contributed by atoms with Crippen LogP contribution in [0.5, 0.6) is 17.2 Å². The molecule has 0 aromatic heterocycles. The third-order valence-corrected chi connectivity index (χ3v) is 1.78. The largest absolute Gasteiger partial charge is 0.869 e. The van der Waals surface area contributed by atoms with Gasteiger partial charge in [0.05, 0.1) is 10.6 Å². The maximum absolute atomic E-state index is 10.9. The highest BCUT2D eigenvalue weighted by molar-refractivity contribution is 6.35. The summed E-state index contributed by atoms with van der Waals surface area (Å²) < 4.78 is 0. The molecule has 0 heterocycles. The Bertz CT molecular complexity index is 379. The van der Waals surface area contributed by atoms with Crippen molar-refractivity contribution >= 4 is 17.6 Å². The summed E-state index contributed by atoms with van der Waals surface area (Å²) in [7, 11) is 0. The Kier molecular flexibility index (Phi) is 3.55. The molecule has 1 rings (SSSR count). The van der Waals surface area contributed by atoms with Crippen LogP contribution >= 0.6 is 11.6 Å². The molecule has 0 unspecified atom stereocenters. The number of carbonyl (C=O) groups is 1. The summed E-state index contributed by atoms with van der Waals surface area (Å²) in [5.74, 6) is -4.29. The highest BCUT2D eigenvalue weighted by Gasteiger charge is 2.14. The number of phenols is 2. The van der Waals surface area contributed by atoms with Gasteiger partial charge in [0.2, 0.25) is 0 Å². The summed E-state index contributed by atoms with van der Waals surface area (Å²) in [6, 6.07) is 0.710.